The van der Waals surface area contributed by atoms with E-state index >= 15 is 0 Å². The first kappa shape index (κ1) is 23.7. The van der Waals surface area contributed by atoms with Gasteiger partial charge < -0.3 is 9.80 Å². The molecule has 0 atom stereocenters. The van der Waals surface area contributed by atoms with Crippen molar-refractivity contribution >= 4 is 28.3 Å². The van der Waals surface area contributed by atoms with Gasteiger partial charge in [-0.1, -0.05) is 36.4 Å². The number of carbonyl (C=O) groups excluding carboxylic acids is 1. The fourth-order valence-corrected chi connectivity index (χ4v) is 4.89. The molecule has 1 aliphatic heterocycles. The summed E-state index contributed by atoms with van der Waals surface area (Å²) in [6.07, 6.45) is 8.03. The molecule has 7 nitrogen and oxygen atoms in total. The van der Waals surface area contributed by atoms with Crippen LogP contribution in [-0.4, -0.2) is 51.9 Å². The quantitative estimate of drug-likeness (QED) is 0.319. The summed E-state index contributed by atoms with van der Waals surface area (Å²) in [7, 11) is 0. The Kier molecular flexibility index (Phi) is 6.72. The normalized spacial score (nSPS) is 13.6. The van der Waals surface area contributed by atoms with Gasteiger partial charge in [0.1, 0.15) is 11.6 Å². The van der Waals surface area contributed by atoms with Gasteiger partial charge in [0, 0.05) is 69.0 Å². The summed E-state index contributed by atoms with van der Waals surface area (Å²) in [5, 5.41) is 0. The van der Waals surface area contributed by atoms with Gasteiger partial charge in [0.25, 0.3) is 0 Å². The molecule has 3 aromatic heterocycles. The first-order chi connectivity index (χ1) is 18.7. The van der Waals surface area contributed by atoms with Crippen LogP contribution in [0, 0.1) is 0 Å². The van der Waals surface area contributed by atoms with E-state index in [1.807, 2.05) is 55.0 Å². The number of hydrogen-bond acceptors (Lipinski definition) is 7. The van der Waals surface area contributed by atoms with Gasteiger partial charge in [-0.05, 0) is 53.1 Å². The van der Waals surface area contributed by atoms with Gasteiger partial charge in [-0.2, -0.15) is 0 Å². The molecule has 0 bridgehead atoms. The number of fused-ring (bicyclic) bond motifs is 1. The van der Waals surface area contributed by atoms with Gasteiger partial charge in [-0.25, -0.2) is 4.98 Å². The van der Waals surface area contributed by atoms with Gasteiger partial charge in [0.05, 0.1) is 17.2 Å². The summed E-state index contributed by atoms with van der Waals surface area (Å²) < 4.78 is 0. The van der Waals surface area contributed by atoms with Crippen molar-refractivity contribution in [1.29, 1.82) is 0 Å². The van der Waals surface area contributed by atoms with Crippen LogP contribution in [0.3, 0.4) is 0 Å². The second-order valence-electron chi connectivity index (χ2n) is 9.52. The van der Waals surface area contributed by atoms with Crippen LogP contribution in [0.4, 0.5) is 11.5 Å². The Hall–Kier alpha value is -4.65. The molecule has 0 radical (unpaired) electrons. The van der Waals surface area contributed by atoms with E-state index in [9.17, 15) is 4.79 Å². The number of carbonyl (C=O) groups is 1. The molecule has 4 heterocycles. The van der Waals surface area contributed by atoms with Gasteiger partial charge in [0.15, 0.2) is 0 Å². The molecule has 0 spiro atoms. The van der Waals surface area contributed by atoms with Crippen molar-refractivity contribution in [3.63, 3.8) is 0 Å². The SMILES string of the molecule is O=C(Cc1ccc(-c2ccc3ncc(N4CCN(c5ccncc5)CC4)nc3c2)cc1)Cc1ccccn1. The molecular formula is C31H28N6O. The van der Waals surface area contributed by atoms with E-state index in [0.29, 0.717) is 12.8 Å². The first-order valence-electron chi connectivity index (χ1n) is 12.9. The molecule has 0 unspecified atom stereocenters. The lowest BCUT2D eigenvalue weighted by Gasteiger charge is -2.36. The molecule has 5 aromatic rings. The van der Waals surface area contributed by atoms with Crippen LogP contribution in [0.1, 0.15) is 11.3 Å². The molecule has 6 rings (SSSR count). The zero-order valence-corrected chi connectivity index (χ0v) is 21.1. The Morgan fingerprint density at radius 1 is 0.711 bits per heavy atom. The van der Waals surface area contributed by atoms with Crippen molar-refractivity contribution < 1.29 is 4.79 Å². The molecule has 188 valence electrons. The minimum absolute atomic E-state index is 0.159. The third kappa shape index (κ3) is 5.37. The fourth-order valence-electron chi connectivity index (χ4n) is 4.89. The Balaban J connectivity index is 1.13. The van der Waals surface area contributed by atoms with Crippen LogP contribution < -0.4 is 9.80 Å². The van der Waals surface area contributed by atoms with E-state index in [2.05, 4.69) is 61.1 Å². The molecule has 0 aliphatic carbocycles. The topological polar surface area (TPSA) is 75.1 Å². The number of benzene rings is 2. The molecular weight excluding hydrogens is 472 g/mol. The second-order valence-corrected chi connectivity index (χ2v) is 9.52. The van der Waals surface area contributed by atoms with Crippen LogP contribution in [0.15, 0.2) is 97.6 Å². The lowest BCUT2D eigenvalue weighted by Crippen LogP contribution is -2.46. The van der Waals surface area contributed by atoms with Gasteiger partial charge >= 0.3 is 0 Å². The Labute approximate surface area is 221 Å². The van der Waals surface area contributed by atoms with Crippen molar-refractivity contribution in [2.75, 3.05) is 36.0 Å². The van der Waals surface area contributed by atoms with Crippen LogP contribution >= 0.6 is 0 Å². The van der Waals surface area contributed by atoms with E-state index in [1.54, 1.807) is 6.20 Å². The van der Waals surface area contributed by atoms with Crippen LogP contribution in [0.25, 0.3) is 22.2 Å². The van der Waals surface area contributed by atoms with Crippen LogP contribution in [0.2, 0.25) is 0 Å². The zero-order valence-electron chi connectivity index (χ0n) is 21.1. The predicted octanol–water partition coefficient (Wildman–Crippen LogP) is 4.77. The third-order valence-electron chi connectivity index (χ3n) is 6.95. The maximum absolute atomic E-state index is 12.5. The molecule has 0 amide bonds. The number of rotatable bonds is 7. The van der Waals surface area contributed by atoms with E-state index in [1.165, 1.54) is 5.69 Å². The van der Waals surface area contributed by atoms with Gasteiger partial charge in [0.2, 0.25) is 0 Å². The number of hydrogen-bond donors (Lipinski definition) is 0. The standard InChI is InChI=1S/C31H28N6O/c38-28(21-26-3-1-2-12-33-26)19-23-4-6-24(7-5-23)25-8-9-29-30(20-25)35-31(22-34-29)37-17-15-36(16-18-37)27-10-13-32-14-11-27/h1-14,20,22H,15-19,21H2. The summed E-state index contributed by atoms with van der Waals surface area (Å²) in [4.78, 5) is 35.2. The maximum Gasteiger partial charge on any atom is 0.147 e. The number of aromatic nitrogens is 4. The minimum atomic E-state index is 0.159. The zero-order chi connectivity index (χ0) is 25.7. The fraction of sp³-hybridized carbons (Fsp3) is 0.194. The smallest absolute Gasteiger partial charge is 0.147 e. The monoisotopic (exact) mass is 500 g/mol. The number of nitrogens with zero attached hydrogens (tertiary/aromatic N) is 6. The third-order valence-corrected chi connectivity index (χ3v) is 6.95. The highest BCUT2D eigenvalue weighted by atomic mass is 16.1. The van der Waals surface area contributed by atoms with E-state index < -0.39 is 0 Å². The Morgan fingerprint density at radius 2 is 1.47 bits per heavy atom. The predicted molar refractivity (Wildman–Crippen MR) is 150 cm³/mol. The highest BCUT2D eigenvalue weighted by Gasteiger charge is 2.19. The van der Waals surface area contributed by atoms with Crippen molar-refractivity contribution in [2.45, 2.75) is 12.8 Å². The van der Waals surface area contributed by atoms with E-state index in [-0.39, 0.29) is 5.78 Å². The first-order valence-corrected chi connectivity index (χ1v) is 12.9. The number of pyridine rings is 2. The number of piperazine rings is 1. The summed E-state index contributed by atoms with van der Waals surface area (Å²) in [5.74, 6) is 1.07. The van der Waals surface area contributed by atoms with Crippen molar-refractivity contribution in [3.05, 3.63) is 109 Å². The van der Waals surface area contributed by atoms with Crippen molar-refractivity contribution in [1.82, 2.24) is 19.9 Å². The molecule has 7 heteroatoms. The van der Waals surface area contributed by atoms with E-state index in [4.69, 9.17) is 4.98 Å². The highest BCUT2D eigenvalue weighted by Crippen LogP contribution is 2.25. The van der Waals surface area contributed by atoms with Gasteiger partial charge in [-0.15, -0.1) is 0 Å². The Bertz CT molecular complexity index is 1530. The molecule has 1 aliphatic rings. The Morgan fingerprint density at radius 3 is 2.24 bits per heavy atom. The van der Waals surface area contributed by atoms with Crippen LogP contribution in [0.5, 0.6) is 0 Å². The number of anilines is 2. The lowest BCUT2D eigenvalue weighted by molar-refractivity contribution is -0.117. The van der Waals surface area contributed by atoms with Crippen molar-refractivity contribution in [2.24, 2.45) is 0 Å². The largest absolute Gasteiger partial charge is 0.368 e. The van der Waals surface area contributed by atoms with E-state index in [0.717, 1.165) is 65.4 Å². The lowest BCUT2D eigenvalue weighted by atomic mass is 10.0. The number of Topliss-reactive ketones (excluding diaryl/α,β-unsaturated/α-hetero) is 1. The van der Waals surface area contributed by atoms with Crippen molar-refractivity contribution in [3.8, 4) is 11.1 Å². The molecule has 2 aromatic carbocycles. The van der Waals surface area contributed by atoms with Crippen LogP contribution in [-0.2, 0) is 17.6 Å². The second kappa shape index (κ2) is 10.8. The minimum Gasteiger partial charge on any atom is -0.368 e. The molecule has 0 saturated carbocycles. The highest BCUT2D eigenvalue weighted by molar-refractivity contribution is 5.84. The number of ketones is 1. The summed E-state index contributed by atoms with van der Waals surface area (Å²) in [6.45, 7) is 3.65. The summed E-state index contributed by atoms with van der Waals surface area (Å²) in [5.41, 5.74) is 6.95. The summed E-state index contributed by atoms with van der Waals surface area (Å²) in [6, 6.07) is 24.2. The van der Waals surface area contributed by atoms with Gasteiger partial charge in [-0.3, -0.25) is 19.7 Å². The average Bonchev–Trinajstić information content (AvgIpc) is 2.98. The average molecular weight is 501 g/mol. The molecule has 1 saturated heterocycles. The molecule has 0 N–H and O–H groups in total. The summed E-state index contributed by atoms with van der Waals surface area (Å²) >= 11 is 0. The molecule has 1 fully saturated rings. The maximum atomic E-state index is 12.5. The molecule has 38 heavy (non-hydrogen) atoms.